The summed E-state index contributed by atoms with van der Waals surface area (Å²) in [4.78, 5) is 12.0. The molecule has 0 bridgehead atoms. The molecular weight excluding hydrogens is 392 g/mol. The van der Waals surface area contributed by atoms with Gasteiger partial charge in [-0.1, -0.05) is 6.07 Å². The molecule has 1 atom stereocenters. The van der Waals surface area contributed by atoms with Gasteiger partial charge >= 0.3 is 0 Å². The topological polar surface area (TPSA) is 102 Å². The van der Waals surface area contributed by atoms with Crippen LogP contribution >= 0.6 is 0 Å². The number of aromatic nitrogens is 2. The lowest BCUT2D eigenvalue weighted by molar-refractivity contribution is -0.125. The van der Waals surface area contributed by atoms with E-state index in [9.17, 15) is 13.2 Å². The van der Waals surface area contributed by atoms with Crippen LogP contribution in [0.1, 0.15) is 28.1 Å². The molecule has 1 aliphatic carbocycles. The maximum Gasteiger partial charge on any atom is 0.246 e. The Hall–Kier alpha value is -2.23. The molecule has 1 amide bonds. The molecule has 0 unspecified atom stereocenters. The van der Waals surface area contributed by atoms with Gasteiger partial charge in [0.15, 0.2) is 0 Å². The van der Waals surface area contributed by atoms with E-state index in [1.165, 1.54) is 7.11 Å². The highest BCUT2D eigenvalue weighted by Crippen LogP contribution is 2.25. The summed E-state index contributed by atoms with van der Waals surface area (Å²) < 4.78 is 34.8. The minimum atomic E-state index is -3.60. The molecule has 1 aliphatic rings. The first kappa shape index (κ1) is 21.5. The molecule has 2 aromatic rings. The van der Waals surface area contributed by atoms with Gasteiger partial charge in [-0.05, 0) is 61.9 Å². The zero-order valence-corrected chi connectivity index (χ0v) is 18.1. The third-order valence-electron chi connectivity index (χ3n) is 5.39. The van der Waals surface area contributed by atoms with Crippen molar-refractivity contribution >= 4 is 15.9 Å². The van der Waals surface area contributed by atoms with Gasteiger partial charge in [0.25, 0.3) is 0 Å². The van der Waals surface area contributed by atoms with Crippen LogP contribution in [-0.4, -0.2) is 50.4 Å². The monoisotopic (exact) mass is 420 g/mol. The number of aryl methyl sites for hydroxylation is 2. The molecule has 0 aliphatic heterocycles. The third kappa shape index (κ3) is 4.85. The van der Waals surface area contributed by atoms with E-state index in [1.807, 2.05) is 31.6 Å². The van der Waals surface area contributed by atoms with Gasteiger partial charge in [-0.2, -0.15) is 5.10 Å². The number of hydrogen-bond donors (Lipinski definition) is 2. The Balaban J connectivity index is 1.63. The van der Waals surface area contributed by atoms with E-state index >= 15 is 0 Å². The Bertz CT molecular complexity index is 1010. The van der Waals surface area contributed by atoms with Crippen LogP contribution in [0, 0.1) is 13.8 Å². The van der Waals surface area contributed by atoms with Crippen LogP contribution in [0.3, 0.4) is 0 Å². The van der Waals surface area contributed by atoms with Gasteiger partial charge in [-0.3, -0.25) is 9.48 Å². The number of nitrogens with one attached hydrogen (secondary N) is 2. The standard InChI is InChI=1S/C20H28N4O4S/c1-13-19(14(2)24(3)23-13)7-8-21-29(26,27)18-6-5-15-9-17(10-16(15)11-18)22-20(25)12-28-4/h5-6,11,17,21H,7-10,12H2,1-4H3,(H,22,25)/t17-/m1/s1. The minimum Gasteiger partial charge on any atom is -0.375 e. The van der Waals surface area contributed by atoms with Crippen LogP contribution in [0.25, 0.3) is 0 Å². The SMILES string of the molecule is COCC(=O)N[C@@H]1Cc2ccc(S(=O)(=O)NCCc3c(C)nn(C)c3C)cc2C1. The van der Waals surface area contributed by atoms with Crippen molar-refractivity contribution in [2.45, 2.75) is 44.0 Å². The van der Waals surface area contributed by atoms with E-state index in [-0.39, 0.29) is 23.5 Å². The summed E-state index contributed by atoms with van der Waals surface area (Å²) in [5.41, 5.74) is 5.05. The molecule has 1 heterocycles. The zero-order chi connectivity index (χ0) is 21.2. The summed E-state index contributed by atoms with van der Waals surface area (Å²) in [5, 5.41) is 7.28. The lowest BCUT2D eigenvalue weighted by atomic mass is 10.1. The molecule has 9 heteroatoms. The van der Waals surface area contributed by atoms with E-state index < -0.39 is 10.0 Å². The van der Waals surface area contributed by atoms with Gasteiger partial charge in [-0.15, -0.1) is 0 Å². The summed E-state index contributed by atoms with van der Waals surface area (Å²) in [5.74, 6) is -0.166. The van der Waals surface area contributed by atoms with Crippen molar-refractivity contribution in [1.82, 2.24) is 19.8 Å². The van der Waals surface area contributed by atoms with Gasteiger partial charge in [-0.25, -0.2) is 13.1 Å². The maximum absolute atomic E-state index is 12.7. The number of benzene rings is 1. The molecule has 1 aromatic heterocycles. The van der Waals surface area contributed by atoms with Crippen molar-refractivity contribution in [2.75, 3.05) is 20.3 Å². The lowest BCUT2D eigenvalue weighted by Crippen LogP contribution is -2.37. The highest BCUT2D eigenvalue weighted by Gasteiger charge is 2.25. The number of rotatable bonds is 8. The maximum atomic E-state index is 12.7. The number of carbonyl (C=O) groups is 1. The Labute approximate surface area is 171 Å². The molecular formula is C20H28N4O4S. The highest BCUT2D eigenvalue weighted by atomic mass is 32.2. The number of nitrogens with zero attached hydrogens (tertiary/aromatic N) is 2. The minimum absolute atomic E-state index is 0.0201. The number of sulfonamides is 1. The number of fused-ring (bicyclic) bond motifs is 1. The number of hydrogen-bond acceptors (Lipinski definition) is 5. The highest BCUT2D eigenvalue weighted by molar-refractivity contribution is 7.89. The van der Waals surface area contributed by atoms with Crippen molar-refractivity contribution in [2.24, 2.45) is 7.05 Å². The molecule has 0 radical (unpaired) electrons. The van der Waals surface area contributed by atoms with E-state index in [2.05, 4.69) is 15.1 Å². The van der Waals surface area contributed by atoms with Crippen molar-refractivity contribution in [3.8, 4) is 0 Å². The van der Waals surface area contributed by atoms with Crippen LogP contribution in [0.5, 0.6) is 0 Å². The van der Waals surface area contributed by atoms with Gasteiger partial charge in [0.05, 0.1) is 10.6 Å². The van der Waals surface area contributed by atoms with Crippen LogP contribution < -0.4 is 10.0 Å². The fraction of sp³-hybridized carbons (Fsp3) is 0.500. The van der Waals surface area contributed by atoms with E-state index in [4.69, 9.17) is 4.74 Å². The van der Waals surface area contributed by atoms with Crippen LogP contribution in [-0.2, 0) is 45.9 Å². The van der Waals surface area contributed by atoms with Crippen LogP contribution in [0.4, 0.5) is 0 Å². The first-order valence-electron chi connectivity index (χ1n) is 9.60. The average molecular weight is 421 g/mol. The smallest absolute Gasteiger partial charge is 0.246 e. The van der Waals surface area contributed by atoms with Crippen molar-refractivity contribution in [3.63, 3.8) is 0 Å². The Morgan fingerprint density at radius 3 is 2.66 bits per heavy atom. The first-order valence-corrected chi connectivity index (χ1v) is 11.1. The number of ether oxygens (including phenoxy) is 1. The van der Waals surface area contributed by atoms with Gasteiger partial charge in [0.1, 0.15) is 6.61 Å². The van der Waals surface area contributed by atoms with Crippen LogP contribution in [0.2, 0.25) is 0 Å². The molecule has 0 spiro atoms. The van der Waals surface area contributed by atoms with E-state index in [0.29, 0.717) is 25.8 Å². The predicted octanol–water partition coefficient (Wildman–Crippen LogP) is 0.788. The Morgan fingerprint density at radius 1 is 1.28 bits per heavy atom. The molecule has 29 heavy (non-hydrogen) atoms. The summed E-state index contributed by atoms with van der Waals surface area (Å²) in [6, 6.07) is 5.14. The number of carbonyl (C=O) groups excluding carboxylic acids is 1. The first-order chi connectivity index (χ1) is 13.7. The second-order valence-electron chi connectivity index (χ2n) is 7.46. The Morgan fingerprint density at radius 2 is 2.00 bits per heavy atom. The largest absolute Gasteiger partial charge is 0.375 e. The van der Waals surface area contributed by atoms with Crippen molar-refractivity contribution in [3.05, 3.63) is 46.3 Å². The van der Waals surface area contributed by atoms with Gasteiger partial charge < -0.3 is 10.1 Å². The van der Waals surface area contributed by atoms with E-state index in [0.717, 1.165) is 28.1 Å². The summed E-state index contributed by atoms with van der Waals surface area (Å²) in [7, 11) is -0.248. The molecule has 1 aromatic carbocycles. The van der Waals surface area contributed by atoms with Gasteiger partial charge in [0.2, 0.25) is 15.9 Å². The quantitative estimate of drug-likeness (QED) is 0.657. The van der Waals surface area contributed by atoms with Crippen LogP contribution in [0.15, 0.2) is 23.1 Å². The molecule has 2 N–H and O–H groups in total. The molecule has 0 saturated carbocycles. The number of methoxy groups -OCH3 is 1. The molecule has 3 rings (SSSR count). The van der Waals surface area contributed by atoms with Crippen molar-refractivity contribution in [1.29, 1.82) is 0 Å². The number of amides is 1. The molecule has 158 valence electrons. The normalized spacial score (nSPS) is 16.1. The molecule has 0 saturated heterocycles. The summed E-state index contributed by atoms with van der Waals surface area (Å²) in [6.07, 6.45) is 1.89. The predicted molar refractivity (Wildman–Crippen MR) is 109 cm³/mol. The van der Waals surface area contributed by atoms with Crippen molar-refractivity contribution < 1.29 is 17.9 Å². The molecule has 8 nitrogen and oxygen atoms in total. The third-order valence-corrected chi connectivity index (χ3v) is 6.85. The summed E-state index contributed by atoms with van der Waals surface area (Å²) >= 11 is 0. The fourth-order valence-corrected chi connectivity index (χ4v) is 4.92. The lowest BCUT2D eigenvalue weighted by Gasteiger charge is -2.11. The fourth-order valence-electron chi connectivity index (χ4n) is 3.84. The average Bonchev–Trinajstić information content (AvgIpc) is 3.15. The Kier molecular flexibility index (Phi) is 6.40. The summed E-state index contributed by atoms with van der Waals surface area (Å²) in [6.45, 7) is 4.24. The van der Waals surface area contributed by atoms with E-state index in [1.54, 1.807) is 12.1 Å². The second kappa shape index (κ2) is 8.64. The van der Waals surface area contributed by atoms with Gasteiger partial charge in [0, 0.05) is 32.4 Å². The second-order valence-corrected chi connectivity index (χ2v) is 9.22. The molecule has 0 fully saturated rings. The zero-order valence-electron chi connectivity index (χ0n) is 17.3.